The number of nitrogens with zero attached hydrogens (tertiary/aromatic N) is 3. The van der Waals surface area contributed by atoms with Crippen molar-refractivity contribution >= 4 is 22.9 Å². The molecule has 0 radical (unpaired) electrons. The van der Waals surface area contributed by atoms with Crippen LogP contribution in [0.15, 0.2) is 16.6 Å². The number of azide groups is 1. The topological polar surface area (TPSA) is 48.8 Å². The number of rotatable bonds is 2. The molecule has 10 heavy (non-hydrogen) atoms. The van der Waals surface area contributed by atoms with Crippen LogP contribution >= 0.6 is 22.9 Å². The zero-order chi connectivity index (χ0) is 7.40. The van der Waals surface area contributed by atoms with Gasteiger partial charge in [0.05, 0.1) is 10.9 Å². The zero-order valence-corrected chi connectivity index (χ0v) is 6.56. The molecule has 1 aromatic heterocycles. The Balaban J connectivity index is 2.66. The first-order chi connectivity index (χ1) is 4.83. The lowest BCUT2D eigenvalue weighted by Crippen LogP contribution is -1.69. The fraction of sp³-hybridized carbons (Fsp3) is 0.200. The monoisotopic (exact) mass is 173 g/mol. The molecular formula is C5H4ClN3S. The fourth-order valence-corrected chi connectivity index (χ4v) is 1.44. The highest BCUT2D eigenvalue weighted by Gasteiger charge is 1.93. The van der Waals surface area contributed by atoms with Crippen molar-refractivity contribution in [3.8, 4) is 0 Å². The van der Waals surface area contributed by atoms with Gasteiger partial charge < -0.3 is 0 Å². The van der Waals surface area contributed by atoms with E-state index in [0.29, 0.717) is 6.54 Å². The third kappa shape index (κ3) is 1.92. The van der Waals surface area contributed by atoms with Crippen molar-refractivity contribution in [1.29, 1.82) is 0 Å². The molecule has 0 aliphatic heterocycles. The van der Waals surface area contributed by atoms with E-state index in [9.17, 15) is 0 Å². The number of hydrogen-bond donors (Lipinski definition) is 0. The van der Waals surface area contributed by atoms with Crippen LogP contribution in [-0.4, -0.2) is 0 Å². The third-order valence-corrected chi connectivity index (χ3v) is 2.08. The van der Waals surface area contributed by atoms with Gasteiger partial charge in [-0.2, -0.15) is 0 Å². The number of thiophene rings is 1. The van der Waals surface area contributed by atoms with Crippen LogP contribution < -0.4 is 0 Å². The molecule has 5 heteroatoms. The molecule has 0 unspecified atom stereocenters. The second-order valence-electron chi connectivity index (χ2n) is 1.65. The van der Waals surface area contributed by atoms with Crippen molar-refractivity contribution in [1.82, 2.24) is 0 Å². The second-order valence-corrected chi connectivity index (χ2v) is 3.19. The summed E-state index contributed by atoms with van der Waals surface area (Å²) in [6.07, 6.45) is 0. The Hall–Kier alpha value is -0.700. The van der Waals surface area contributed by atoms with Gasteiger partial charge in [0.15, 0.2) is 0 Å². The lowest BCUT2D eigenvalue weighted by molar-refractivity contribution is 1.06. The van der Waals surface area contributed by atoms with Crippen molar-refractivity contribution in [2.24, 2.45) is 5.11 Å². The summed E-state index contributed by atoms with van der Waals surface area (Å²) in [7, 11) is 0. The van der Waals surface area contributed by atoms with E-state index in [1.165, 1.54) is 11.3 Å². The first kappa shape index (κ1) is 7.41. The summed E-state index contributed by atoms with van der Waals surface area (Å²) in [5.41, 5.74) is 8.93. The summed E-state index contributed by atoms with van der Waals surface area (Å²) in [5, 5.41) is 5.26. The largest absolute Gasteiger partial charge is 0.132 e. The SMILES string of the molecule is [N-]=[N+]=NCc1csc(Cl)c1. The van der Waals surface area contributed by atoms with Gasteiger partial charge in [-0.15, -0.1) is 11.3 Å². The van der Waals surface area contributed by atoms with E-state index in [1.54, 1.807) is 6.07 Å². The Morgan fingerprint density at radius 2 is 2.60 bits per heavy atom. The van der Waals surface area contributed by atoms with Gasteiger partial charge in [-0.1, -0.05) is 16.7 Å². The normalized spacial score (nSPS) is 8.90. The molecule has 0 atom stereocenters. The van der Waals surface area contributed by atoms with E-state index in [-0.39, 0.29) is 0 Å². The Morgan fingerprint density at radius 3 is 3.10 bits per heavy atom. The van der Waals surface area contributed by atoms with Gasteiger partial charge >= 0.3 is 0 Å². The molecule has 1 rings (SSSR count). The number of halogens is 1. The van der Waals surface area contributed by atoms with Crippen LogP contribution in [0, 0.1) is 0 Å². The van der Waals surface area contributed by atoms with Gasteiger partial charge in [0.25, 0.3) is 0 Å². The quantitative estimate of drug-likeness (QED) is 0.375. The molecule has 0 aliphatic rings. The van der Waals surface area contributed by atoms with Crippen LogP contribution in [0.1, 0.15) is 5.56 Å². The Labute approximate surface area is 66.9 Å². The van der Waals surface area contributed by atoms with E-state index >= 15 is 0 Å². The van der Waals surface area contributed by atoms with E-state index in [4.69, 9.17) is 17.1 Å². The van der Waals surface area contributed by atoms with Crippen molar-refractivity contribution in [3.63, 3.8) is 0 Å². The molecule has 1 heterocycles. The van der Waals surface area contributed by atoms with E-state index < -0.39 is 0 Å². The van der Waals surface area contributed by atoms with Crippen molar-refractivity contribution in [3.05, 3.63) is 31.8 Å². The predicted octanol–water partition coefficient (Wildman–Crippen LogP) is 3.21. The van der Waals surface area contributed by atoms with Crippen LogP contribution in [0.3, 0.4) is 0 Å². The van der Waals surface area contributed by atoms with Crippen LogP contribution in [0.25, 0.3) is 10.4 Å². The molecule has 0 spiro atoms. The average Bonchev–Trinajstić information content (AvgIpc) is 2.31. The Kier molecular flexibility index (Phi) is 2.57. The summed E-state index contributed by atoms with van der Waals surface area (Å²) in [6, 6.07) is 1.79. The molecule has 52 valence electrons. The van der Waals surface area contributed by atoms with E-state index in [1.807, 2.05) is 5.38 Å². The number of hydrogen-bond acceptors (Lipinski definition) is 2. The maximum atomic E-state index is 7.96. The molecule has 0 fully saturated rings. The van der Waals surface area contributed by atoms with E-state index in [0.717, 1.165) is 9.90 Å². The summed E-state index contributed by atoms with van der Waals surface area (Å²) in [5.74, 6) is 0. The Bertz CT molecular complexity index is 264. The lowest BCUT2D eigenvalue weighted by atomic mass is 10.4. The van der Waals surface area contributed by atoms with Gasteiger partial charge in [-0.05, 0) is 22.5 Å². The summed E-state index contributed by atoms with van der Waals surface area (Å²) in [4.78, 5) is 2.63. The lowest BCUT2D eigenvalue weighted by Gasteiger charge is -1.80. The highest BCUT2D eigenvalue weighted by Crippen LogP contribution is 2.20. The summed E-state index contributed by atoms with van der Waals surface area (Å²) in [6.45, 7) is 0.389. The maximum absolute atomic E-state index is 7.96. The van der Waals surface area contributed by atoms with Gasteiger partial charge in [-0.3, -0.25) is 0 Å². The van der Waals surface area contributed by atoms with Gasteiger partial charge in [0.1, 0.15) is 0 Å². The van der Waals surface area contributed by atoms with Crippen LogP contribution in [0.2, 0.25) is 4.34 Å². The molecule has 0 bridgehead atoms. The van der Waals surface area contributed by atoms with Gasteiger partial charge in [-0.25, -0.2) is 0 Å². The molecule has 0 saturated heterocycles. The highest BCUT2D eigenvalue weighted by atomic mass is 35.5. The summed E-state index contributed by atoms with van der Waals surface area (Å²) < 4.78 is 0.725. The molecule has 0 aliphatic carbocycles. The molecule has 1 aromatic rings. The molecule has 0 aromatic carbocycles. The first-order valence-electron chi connectivity index (χ1n) is 2.56. The average molecular weight is 174 g/mol. The standard InChI is InChI=1S/C5H4ClN3S/c6-5-1-4(3-10-5)2-8-9-7/h1,3H,2H2. The van der Waals surface area contributed by atoms with Gasteiger partial charge in [0, 0.05) is 4.91 Å². The van der Waals surface area contributed by atoms with Gasteiger partial charge in [0.2, 0.25) is 0 Å². The molecule has 0 N–H and O–H groups in total. The zero-order valence-electron chi connectivity index (χ0n) is 4.99. The molecular weight excluding hydrogens is 170 g/mol. The van der Waals surface area contributed by atoms with E-state index in [2.05, 4.69) is 10.0 Å². The van der Waals surface area contributed by atoms with Crippen molar-refractivity contribution in [2.75, 3.05) is 0 Å². The minimum atomic E-state index is 0.389. The molecule has 0 saturated carbocycles. The van der Waals surface area contributed by atoms with Crippen LogP contribution in [0.4, 0.5) is 0 Å². The minimum absolute atomic E-state index is 0.389. The highest BCUT2D eigenvalue weighted by molar-refractivity contribution is 7.14. The third-order valence-electron chi connectivity index (χ3n) is 0.938. The van der Waals surface area contributed by atoms with Crippen molar-refractivity contribution < 1.29 is 0 Å². The predicted molar refractivity (Wildman–Crippen MR) is 42.2 cm³/mol. The van der Waals surface area contributed by atoms with Crippen LogP contribution in [-0.2, 0) is 6.54 Å². The van der Waals surface area contributed by atoms with Crippen LogP contribution in [0.5, 0.6) is 0 Å². The fourth-order valence-electron chi connectivity index (χ4n) is 0.542. The second kappa shape index (κ2) is 3.46. The minimum Gasteiger partial charge on any atom is -0.132 e. The first-order valence-corrected chi connectivity index (χ1v) is 3.82. The smallest absolute Gasteiger partial charge is 0.0931 e. The Morgan fingerprint density at radius 1 is 1.80 bits per heavy atom. The maximum Gasteiger partial charge on any atom is 0.0931 e. The molecule has 0 amide bonds. The summed E-state index contributed by atoms with van der Waals surface area (Å²) >= 11 is 7.06. The van der Waals surface area contributed by atoms with Crippen molar-refractivity contribution in [2.45, 2.75) is 6.54 Å². The molecule has 3 nitrogen and oxygen atoms in total.